The number of anilines is 1. The minimum atomic E-state index is -4.10. The van der Waals surface area contributed by atoms with E-state index < -0.39 is 33.7 Å². The lowest BCUT2D eigenvalue weighted by molar-refractivity contribution is 0.150. The molecule has 0 atom stereocenters. The SMILES string of the molecule is O=S(=O)(NC1(CF)CC1)c1cc(N2CCN(C3CC3)CC2)c2c(Cl)nc(-c3nnc(C(F)F)s3)n2c1. The molecule has 194 valence electrons. The van der Waals surface area contributed by atoms with Crippen LogP contribution in [0.3, 0.4) is 0 Å². The molecule has 15 heteroatoms. The van der Waals surface area contributed by atoms with Gasteiger partial charge in [0.1, 0.15) is 17.1 Å². The predicted molar refractivity (Wildman–Crippen MR) is 129 cm³/mol. The summed E-state index contributed by atoms with van der Waals surface area (Å²) in [6, 6.07) is 2.14. The average molecular weight is 562 g/mol. The Morgan fingerprint density at radius 2 is 1.92 bits per heavy atom. The van der Waals surface area contributed by atoms with Gasteiger partial charge in [-0.25, -0.2) is 31.3 Å². The number of sulfonamides is 1. The Labute approximate surface area is 214 Å². The second-order valence-electron chi connectivity index (χ2n) is 9.53. The van der Waals surface area contributed by atoms with Gasteiger partial charge in [0.05, 0.1) is 11.2 Å². The smallest absolute Gasteiger partial charge is 0.291 e. The van der Waals surface area contributed by atoms with Gasteiger partial charge in [-0.15, -0.1) is 10.2 Å². The molecule has 1 N–H and O–H groups in total. The van der Waals surface area contributed by atoms with Gasteiger partial charge in [-0.05, 0) is 31.7 Å². The summed E-state index contributed by atoms with van der Waals surface area (Å²) < 4.78 is 70.5. The molecule has 3 aromatic rings. The topological polar surface area (TPSA) is 95.7 Å². The summed E-state index contributed by atoms with van der Waals surface area (Å²) >= 11 is 7.20. The molecule has 4 heterocycles. The fourth-order valence-corrected chi connectivity index (χ4v) is 7.02. The zero-order valence-corrected chi connectivity index (χ0v) is 21.4. The molecule has 0 bridgehead atoms. The van der Waals surface area contributed by atoms with Gasteiger partial charge in [-0.3, -0.25) is 9.30 Å². The van der Waals surface area contributed by atoms with Gasteiger partial charge in [0, 0.05) is 38.4 Å². The van der Waals surface area contributed by atoms with Gasteiger partial charge in [-0.1, -0.05) is 22.9 Å². The summed E-state index contributed by atoms with van der Waals surface area (Å²) in [7, 11) is -4.10. The third kappa shape index (κ3) is 4.36. The van der Waals surface area contributed by atoms with E-state index in [1.807, 2.05) is 0 Å². The van der Waals surface area contributed by atoms with Crippen molar-refractivity contribution in [3.05, 3.63) is 22.4 Å². The van der Waals surface area contributed by atoms with E-state index in [-0.39, 0.29) is 20.9 Å². The number of aromatic nitrogens is 4. The molecule has 0 radical (unpaired) electrons. The third-order valence-corrected chi connectivity index (χ3v) is 9.69. The number of imidazole rings is 1. The van der Waals surface area contributed by atoms with Crippen molar-refractivity contribution < 1.29 is 21.6 Å². The summed E-state index contributed by atoms with van der Waals surface area (Å²) in [5, 5.41) is 7.07. The standard InChI is InChI=1S/C21H23ClF3N7O2S2/c22-16-15-14(31-7-5-30(6-8-31)12-1-2-12)9-13(36(33,34)29-21(11-23)3-4-21)10-32(15)18(26-16)20-28-27-19(35-20)17(24)25/h9-10,12,17,29H,1-8,11H2. The van der Waals surface area contributed by atoms with E-state index in [0.29, 0.717) is 54.5 Å². The molecule has 1 saturated heterocycles. The Kier molecular flexibility index (Phi) is 5.94. The first-order chi connectivity index (χ1) is 17.2. The molecule has 9 nitrogen and oxygen atoms in total. The minimum Gasteiger partial charge on any atom is -0.367 e. The van der Waals surface area contributed by atoms with Crippen molar-refractivity contribution in [1.82, 2.24) is 29.2 Å². The number of alkyl halides is 3. The van der Waals surface area contributed by atoms with Crippen LogP contribution in [-0.2, 0) is 10.0 Å². The number of hydrogen-bond acceptors (Lipinski definition) is 8. The molecule has 0 amide bonds. The Morgan fingerprint density at radius 1 is 1.19 bits per heavy atom. The molecular weight excluding hydrogens is 539 g/mol. The van der Waals surface area contributed by atoms with E-state index in [4.69, 9.17) is 11.6 Å². The molecular formula is C21H23ClF3N7O2S2. The first kappa shape index (κ1) is 24.3. The lowest BCUT2D eigenvalue weighted by Crippen LogP contribution is -2.47. The molecule has 36 heavy (non-hydrogen) atoms. The maximum absolute atomic E-state index is 13.5. The first-order valence-corrected chi connectivity index (χ1v) is 14.3. The lowest BCUT2D eigenvalue weighted by atomic mass is 10.2. The Hall–Kier alpha value is -2.00. The number of pyridine rings is 1. The Bertz CT molecular complexity index is 1410. The summed E-state index contributed by atoms with van der Waals surface area (Å²) in [6.07, 6.45) is 1.76. The maximum Gasteiger partial charge on any atom is 0.291 e. The van der Waals surface area contributed by atoms with Gasteiger partial charge < -0.3 is 4.90 Å². The third-order valence-electron chi connectivity index (χ3n) is 6.95. The van der Waals surface area contributed by atoms with Crippen LogP contribution in [-0.4, -0.2) is 77.3 Å². The van der Waals surface area contributed by atoms with Crippen molar-refractivity contribution >= 4 is 44.2 Å². The highest BCUT2D eigenvalue weighted by molar-refractivity contribution is 7.89. The summed E-state index contributed by atoms with van der Waals surface area (Å²) in [6.45, 7) is 2.16. The van der Waals surface area contributed by atoms with E-state index in [9.17, 15) is 21.6 Å². The summed E-state index contributed by atoms with van der Waals surface area (Å²) in [5.74, 6) is 0.112. The molecule has 0 aromatic carbocycles. The maximum atomic E-state index is 13.5. The number of piperazine rings is 1. The predicted octanol–water partition coefficient (Wildman–Crippen LogP) is 3.51. The molecule has 0 unspecified atom stereocenters. The van der Waals surface area contributed by atoms with Gasteiger partial charge in [0.2, 0.25) is 10.0 Å². The van der Waals surface area contributed by atoms with Crippen LogP contribution in [0.4, 0.5) is 18.9 Å². The van der Waals surface area contributed by atoms with E-state index in [2.05, 4.69) is 29.7 Å². The van der Waals surface area contributed by atoms with Crippen LogP contribution in [0.25, 0.3) is 16.3 Å². The lowest BCUT2D eigenvalue weighted by Gasteiger charge is -2.36. The van der Waals surface area contributed by atoms with E-state index >= 15 is 0 Å². The van der Waals surface area contributed by atoms with Crippen LogP contribution < -0.4 is 9.62 Å². The monoisotopic (exact) mass is 561 g/mol. The zero-order valence-electron chi connectivity index (χ0n) is 19.0. The second-order valence-corrected chi connectivity index (χ2v) is 12.6. The number of fused-ring (bicyclic) bond motifs is 1. The van der Waals surface area contributed by atoms with Crippen LogP contribution in [0.1, 0.15) is 37.1 Å². The van der Waals surface area contributed by atoms with Crippen molar-refractivity contribution in [2.75, 3.05) is 37.8 Å². The van der Waals surface area contributed by atoms with Gasteiger partial charge in [0.15, 0.2) is 21.0 Å². The van der Waals surface area contributed by atoms with Crippen molar-refractivity contribution in [3.63, 3.8) is 0 Å². The number of hydrogen-bond donors (Lipinski definition) is 1. The van der Waals surface area contributed by atoms with Crippen molar-refractivity contribution in [2.45, 2.75) is 48.6 Å². The molecule has 0 spiro atoms. The van der Waals surface area contributed by atoms with E-state index in [1.54, 1.807) is 0 Å². The molecule has 2 saturated carbocycles. The molecule has 3 fully saturated rings. The van der Waals surface area contributed by atoms with Crippen molar-refractivity contribution in [3.8, 4) is 10.8 Å². The van der Waals surface area contributed by atoms with Crippen LogP contribution >= 0.6 is 22.9 Å². The van der Waals surface area contributed by atoms with Crippen LogP contribution in [0.2, 0.25) is 5.15 Å². The summed E-state index contributed by atoms with van der Waals surface area (Å²) in [5.41, 5.74) is -0.0725. The normalized spacial score (nSPS) is 20.5. The van der Waals surface area contributed by atoms with Crippen LogP contribution in [0.15, 0.2) is 17.2 Å². The highest BCUT2D eigenvalue weighted by Crippen LogP contribution is 2.40. The number of nitrogens with one attached hydrogen (secondary N) is 1. The Balaban J connectivity index is 1.46. The number of nitrogens with zero attached hydrogens (tertiary/aromatic N) is 6. The quantitative estimate of drug-likeness (QED) is 0.450. The van der Waals surface area contributed by atoms with Crippen molar-refractivity contribution in [2.24, 2.45) is 0 Å². The summed E-state index contributed by atoms with van der Waals surface area (Å²) in [4.78, 5) is 8.73. The van der Waals surface area contributed by atoms with Crippen LogP contribution in [0, 0.1) is 0 Å². The molecule has 1 aliphatic heterocycles. The molecule has 6 rings (SSSR count). The van der Waals surface area contributed by atoms with Crippen molar-refractivity contribution in [1.29, 1.82) is 0 Å². The van der Waals surface area contributed by atoms with E-state index in [1.165, 1.54) is 29.5 Å². The first-order valence-electron chi connectivity index (χ1n) is 11.6. The van der Waals surface area contributed by atoms with Gasteiger partial charge in [0.25, 0.3) is 6.43 Å². The molecule has 3 aromatic heterocycles. The number of rotatable bonds is 8. The molecule has 2 aliphatic carbocycles. The van der Waals surface area contributed by atoms with Gasteiger partial charge >= 0.3 is 0 Å². The fraction of sp³-hybridized carbons (Fsp3) is 0.571. The fourth-order valence-electron chi connectivity index (χ4n) is 4.60. The average Bonchev–Trinajstić information content (AvgIpc) is 3.77. The highest BCUT2D eigenvalue weighted by atomic mass is 35.5. The number of halogens is 4. The zero-order chi connectivity index (χ0) is 25.2. The van der Waals surface area contributed by atoms with E-state index in [0.717, 1.165) is 13.1 Å². The van der Waals surface area contributed by atoms with Gasteiger partial charge in [-0.2, -0.15) is 0 Å². The minimum absolute atomic E-state index is 0.0848. The largest absolute Gasteiger partial charge is 0.367 e. The Morgan fingerprint density at radius 3 is 2.50 bits per heavy atom. The van der Waals surface area contributed by atoms with Crippen LogP contribution in [0.5, 0.6) is 0 Å². The second kappa shape index (κ2) is 8.79. The highest BCUT2D eigenvalue weighted by Gasteiger charge is 2.46. The molecule has 3 aliphatic rings.